The summed E-state index contributed by atoms with van der Waals surface area (Å²) in [7, 11) is 1.69. The smallest absolute Gasteiger partial charge is 0.255 e. The fraction of sp³-hybridized carbons (Fsp3) is 0.400. The number of aryl methyl sites for hydroxylation is 3. The Morgan fingerprint density at radius 3 is 2.42 bits per heavy atom. The van der Waals surface area contributed by atoms with Crippen LogP contribution in [0.1, 0.15) is 46.6 Å². The Morgan fingerprint density at radius 1 is 1.10 bits per heavy atom. The number of carbonyl (C=O) groups is 1. The normalized spacial score (nSPS) is 14.6. The minimum absolute atomic E-state index is 0.0704. The summed E-state index contributed by atoms with van der Waals surface area (Å²) in [5.74, 6) is 2.37. The van der Waals surface area contributed by atoms with Gasteiger partial charge >= 0.3 is 0 Å². The van der Waals surface area contributed by atoms with Crippen LogP contribution in [0.4, 0.5) is 0 Å². The number of carbonyl (C=O) groups excluding carboxylic acids is 1. The van der Waals surface area contributed by atoms with Crippen LogP contribution in [0.15, 0.2) is 48.7 Å². The molecule has 3 aromatic rings. The predicted octanol–water partition coefficient (Wildman–Crippen LogP) is 4.38. The largest absolute Gasteiger partial charge is 0.497 e. The van der Waals surface area contributed by atoms with Crippen molar-refractivity contribution in [2.45, 2.75) is 39.5 Å². The molecule has 0 unspecified atom stereocenters. The Kier molecular flexibility index (Phi) is 6.35. The monoisotopic (exact) mass is 418 g/mol. The molecule has 1 aliphatic heterocycles. The van der Waals surface area contributed by atoms with Crippen LogP contribution in [0.2, 0.25) is 0 Å². The zero-order chi connectivity index (χ0) is 21.8. The highest BCUT2D eigenvalue weighted by atomic mass is 16.5. The summed E-state index contributed by atoms with van der Waals surface area (Å²) in [4.78, 5) is 19.4. The zero-order valence-corrected chi connectivity index (χ0v) is 18.5. The van der Waals surface area contributed by atoms with Crippen LogP contribution in [0, 0.1) is 19.8 Å². The fourth-order valence-corrected chi connectivity index (χ4v) is 4.27. The van der Waals surface area contributed by atoms with Crippen LogP contribution in [0.3, 0.4) is 0 Å². The highest BCUT2D eigenvalue weighted by molar-refractivity contribution is 5.94. The molecule has 6 heteroatoms. The van der Waals surface area contributed by atoms with E-state index >= 15 is 0 Å². The van der Waals surface area contributed by atoms with Gasteiger partial charge in [0.15, 0.2) is 5.82 Å². The van der Waals surface area contributed by atoms with E-state index in [1.54, 1.807) is 18.0 Å². The van der Waals surface area contributed by atoms with Gasteiger partial charge in [-0.25, -0.2) is 9.67 Å². The van der Waals surface area contributed by atoms with E-state index in [4.69, 9.17) is 4.74 Å². The number of hydrogen-bond acceptors (Lipinski definition) is 4. The third-order valence-corrected chi connectivity index (χ3v) is 6.12. The summed E-state index contributed by atoms with van der Waals surface area (Å²) < 4.78 is 7.03. The second kappa shape index (κ2) is 9.33. The highest BCUT2D eigenvalue weighted by Crippen LogP contribution is 2.24. The second-order valence-corrected chi connectivity index (χ2v) is 8.37. The van der Waals surface area contributed by atoms with Crippen molar-refractivity contribution < 1.29 is 9.53 Å². The summed E-state index contributed by atoms with van der Waals surface area (Å²) in [5.41, 5.74) is 3.96. The lowest BCUT2D eigenvalue weighted by Crippen LogP contribution is -2.38. The number of benzene rings is 1. The number of pyridine rings is 1. The van der Waals surface area contributed by atoms with Crippen molar-refractivity contribution in [1.82, 2.24) is 19.7 Å². The Balaban J connectivity index is 1.29. The van der Waals surface area contributed by atoms with E-state index in [-0.39, 0.29) is 5.91 Å². The molecule has 4 rings (SSSR count). The first kappa shape index (κ1) is 21.1. The molecule has 0 N–H and O–H groups in total. The molecule has 31 heavy (non-hydrogen) atoms. The number of likely N-dealkylation sites (tertiary alicyclic amines) is 1. The van der Waals surface area contributed by atoms with E-state index in [1.807, 2.05) is 49.1 Å². The van der Waals surface area contributed by atoms with Gasteiger partial charge in [-0.2, -0.15) is 5.10 Å². The molecule has 1 aliphatic rings. The quantitative estimate of drug-likeness (QED) is 0.596. The number of ether oxygens (including phenoxy) is 1. The van der Waals surface area contributed by atoms with Crippen molar-refractivity contribution in [2.75, 3.05) is 20.2 Å². The third-order valence-electron chi connectivity index (χ3n) is 6.12. The fourth-order valence-electron chi connectivity index (χ4n) is 4.27. The number of aromatic nitrogens is 3. The predicted molar refractivity (Wildman–Crippen MR) is 121 cm³/mol. The molecule has 2 aromatic heterocycles. The van der Waals surface area contributed by atoms with Gasteiger partial charge in [-0.1, -0.05) is 12.1 Å². The summed E-state index contributed by atoms with van der Waals surface area (Å²) in [6, 6.07) is 14.1. The van der Waals surface area contributed by atoms with Gasteiger partial charge in [0.1, 0.15) is 5.75 Å². The second-order valence-electron chi connectivity index (χ2n) is 8.37. The van der Waals surface area contributed by atoms with Crippen molar-refractivity contribution >= 4 is 5.91 Å². The summed E-state index contributed by atoms with van der Waals surface area (Å²) in [5, 5.41) is 4.45. The molecule has 0 bridgehead atoms. The van der Waals surface area contributed by atoms with Crippen LogP contribution in [0.25, 0.3) is 5.82 Å². The minimum Gasteiger partial charge on any atom is -0.497 e. The molecule has 0 spiro atoms. The van der Waals surface area contributed by atoms with E-state index in [0.717, 1.165) is 61.7 Å². The molecular formula is C25H30N4O2. The Labute approximate surface area is 183 Å². The van der Waals surface area contributed by atoms with E-state index < -0.39 is 0 Å². The van der Waals surface area contributed by atoms with Gasteiger partial charge in [-0.15, -0.1) is 0 Å². The van der Waals surface area contributed by atoms with Crippen LogP contribution in [-0.4, -0.2) is 45.8 Å². The van der Waals surface area contributed by atoms with Gasteiger partial charge in [-0.05, 0) is 81.3 Å². The molecule has 1 fully saturated rings. The number of methoxy groups -OCH3 is 1. The first-order valence-electron chi connectivity index (χ1n) is 11.0. The third kappa shape index (κ3) is 4.95. The first-order chi connectivity index (χ1) is 15.0. The number of hydrogen-bond donors (Lipinski definition) is 0. The maximum atomic E-state index is 12.9. The van der Waals surface area contributed by atoms with Gasteiger partial charge in [0.2, 0.25) is 0 Å². The summed E-state index contributed by atoms with van der Waals surface area (Å²) >= 11 is 0. The highest BCUT2D eigenvalue weighted by Gasteiger charge is 2.24. The average molecular weight is 419 g/mol. The van der Waals surface area contributed by atoms with Crippen LogP contribution < -0.4 is 4.74 Å². The van der Waals surface area contributed by atoms with Crippen LogP contribution >= 0.6 is 0 Å². The molecule has 0 atom stereocenters. The van der Waals surface area contributed by atoms with Crippen molar-refractivity contribution in [1.29, 1.82) is 0 Å². The molecule has 1 saturated heterocycles. The van der Waals surface area contributed by atoms with Crippen molar-refractivity contribution in [2.24, 2.45) is 5.92 Å². The molecule has 162 valence electrons. The van der Waals surface area contributed by atoms with Gasteiger partial charge in [0.05, 0.1) is 18.4 Å². The van der Waals surface area contributed by atoms with Gasteiger partial charge in [0, 0.05) is 25.0 Å². The molecule has 0 aliphatic carbocycles. The Morgan fingerprint density at radius 2 is 1.84 bits per heavy atom. The molecular weight excluding hydrogens is 388 g/mol. The lowest BCUT2D eigenvalue weighted by Gasteiger charge is -2.32. The van der Waals surface area contributed by atoms with Crippen LogP contribution in [-0.2, 0) is 6.42 Å². The summed E-state index contributed by atoms with van der Waals surface area (Å²) in [6.07, 6.45) is 6.01. The number of rotatable bonds is 6. The van der Waals surface area contributed by atoms with E-state index in [0.29, 0.717) is 11.5 Å². The number of nitrogens with zero attached hydrogens (tertiary/aromatic N) is 4. The topological polar surface area (TPSA) is 60.2 Å². The van der Waals surface area contributed by atoms with E-state index in [1.165, 1.54) is 5.56 Å². The Hall–Kier alpha value is -3.15. The van der Waals surface area contributed by atoms with Gasteiger partial charge in [0.25, 0.3) is 5.91 Å². The Bertz CT molecular complexity index is 1020. The van der Waals surface area contributed by atoms with Crippen molar-refractivity contribution in [3.63, 3.8) is 0 Å². The maximum absolute atomic E-state index is 12.9. The average Bonchev–Trinajstić information content (AvgIpc) is 3.15. The SMILES string of the molecule is COc1ccc(CCC2CCN(C(=O)c3ccc(-n4nc(C)cc4C)nc3)CC2)cc1. The number of piperidine rings is 1. The molecule has 0 radical (unpaired) electrons. The standard InChI is InChI=1S/C25H30N4O2/c1-18-16-19(2)29(27-18)24-11-8-22(17-26-24)25(30)28-14-12-21(13-15-28)5-4-20-6-9-23(31-3)10-7-20/h6-11,16-17,21H,4-5,12-15H2,1-3H3. The minimum atomic E-state index is 0.0704. The molecule has 0 saturated carbocycles. The molecule has 3 heterocycles. The lowest BCUT2D eigenvalue weighted by molar-refractivity contribution is 0.0686. The van der Waals surface area contributed by atoms with Crippen molar-refractivity contribution in [3.05, 3.63) is 71.2 Å². The summed E-state index contributed by atoms with van der Waals surface area (Å²) in [6.45, 7) is 5.58. The van der Waals surface area contributed by atoms with Crippen LogP contribution in [0.5, 0.6) is 5.75 Å². The number of amides is 1. The van der Waals surface area contributed by atoms with Crippen molar-refractivity contribution in [3.8, 4) is 11.6 Å². The molecule has 6 nitrogen and oxygen atoms in total. The molecule has 1 aromatic carbocycles. The van der Waals surface area contributed by atoms with Gasteiger partial charge < -0.3 is 9.64 Å². The first-order valence-corrected chi connectivity index (χ1v) is 11.0. The van der Waals surface area contributed by atoms with E-state index in [9.17, 15) is 4.79 Å². The van der Waals surface area contributed by atoms with Gasteiger partial charge in [-0.3, -0.25) is 4.79 Å². The zero-order valence-electron chi connectivity index (χ0n) is 18.5. The lowest BCUT2D eigenvalue weighted by atomic mass is 9.90. The maximum Gasteiger partial charge on any atom is 0.255 e. The van der Waals surface area contributed by atoms with E-state index in [2.05, 4.69) is 22.2 Å². The molecule has 1 amide bonds.